The van der Waals surface area contributed by atoms with E-state index in [1.165, 1.54) is 19.1 Å². The quantitative estimate of drug-likeness (QED) is 0.336. The molecule has 0 radical (unpaired) electrons. The molecule has 0 saturated heterocycles. The molecule has 0 spiro atoms. The number of carbonyl (C=O) groups excluding carboxylic acids is 1. The summed E-state index contributed by atoms with van der Waals surface area (Å²) in [7, 11) is 0. The molecule has 4 rings (SSSR count). The van der Waals surface area contributed by atoms with E-state index < -0.39 is 24.2 Å². The first-order valence-corrected chi connectivity index (χ1v) is 10.5. The van der Waals surface area contributed by atoms with Gasteiger partial charge in [-0.05, 0) is 67.1 Å². The van der Waals surface area contributed by atoms with Crippen LogP contribution in [0.4, 0.5) is 17.6 Å². The second kappa shape index (κ2) is 9.34. The number of amides is 1. The second-order valence-corrected chi connectivity index (χ2v) is 8.04. The first-order chi connectivity index (χ1) is 16.1. The summed E-state index contributed by atoms with van der Waals surface area (Å²) in [6, 6.07) is 16.3. The van der Waals surface area contributed by atoms with Gasteiger partial charge in [-0.1, -0.05) is 23.7 Å². The number of nitrogens with zero attached hydrogens (tertiary/aromatic N) is 2. The number of alkyl halides is 3. The highest BCUT2D eigenvalue weighted by Gasteiger charge is 2.40. The van der Waals surface area contributed by atoms with Gasteiger partial charge in [0.15, 0.2) is 0 Å². The maximum Gasteiger partial charge on any atom is 0.471 e. The van der Waals surface area contributed by atoms with E-state index in [9.17, 15) is 22.4 Å². The van der Waals surface area contributed by atoms with Crippen molar-refractivity contribution in [2.24, 2.45) is 0 Å². The fraction of sp³-hybridized carbons (Fsp3) is 0.167. The molecule has 1 N–H and O–H groups in total. The molecule has 0 unspecified atom stereocenters. The van der Waals surface area contributed by atoms with Crippen molar-refractivity contribution in [3.05, 3.63) is 89.3 Å². The molecular formula is C24H18ClF4N3O2. The van der Waals surface area contributed by atoms with Gasteiger partial charge in [-0.15, -0.1) is 0 Å². The molecule has 1 amide bonds. The lowest BCUT2D eigenvalue weighted by Gasteiger charge is -2.27. The van der Waals surface area contributed by atoms with Gasteiger partial charge in [-0.3, -0.25) is 4.79 Å². The summed E-state index contributed by atoms with van der Waals surface area (Å²) in [6.45, 7) is 1.42. The van der Waals surface area contributed by atoms with Crippen LogP contribution in [-0.4, -0.2) is 27.9 Å². The highest BCUT2D eigenvalue weighted by Crippen LogP contribution is 2.30. The van der Waals surface area contributed by atoms with Crippen molar-refractivity contribution in [2.45, 2.75) is 25.2 Å². The first kappa shape index (κ1) is 23.6. The number of nitrogens with one attached hydrogen (secondary N) is 1. The van der Waals surface area contributed by atoms with Crippen molar-refractivity contribution in [1.29, 1.82) is 0 Å². The molecule has 176 valence electrons. The molecule has 0 fully saturated rings. The summed E-state index contributed by atoms with van der Waals surface area (Å²) < 4.78 is 59.3. The Labute approximate surface area is 196 Å². The molecule has 0 bridgehead atoms. The average Bonchev–Trinajstić information content (AvgIpc) is 3.20. The van der Waals surface area contributed by atoms with Crippen LogP contribution in [0.1, 0.15) is 18.6 Å². The Morgan fingerprint density at radius 2 is 1.82 bits per heavy atom. The molecule has 1 aromatic heterocycles. The van der Waals surface area contributed by atoms with Crippen LogP contribution in [0.25, 0.3) is 16.6 Å². The average molecular weight is 492 g/mol. The van der Waals surface area contributed by atoms with Crippen molar-refractivity contribution < 1.29 is 27.1 Å². The maximum atomic E-state index is 13.2. The van der Waals surface area contributed by atoms with E-state index in [0.717, 1.165) is 5.52 Å². The molecule has 5 nitrogen and oxygen atoms in total. The standard InChI is InChI=1S/C24H18ClF4N3O2/c1-14(31-23(33)24(27,28)29)22(15-3-2-4-17(25)11-15)34-20-9-10-21-16(12-20)13-30-32(21)19-7-5-18(26)6-8-19/h2-14,22H,1H3,(H,31,33)/t14-,22-/m0/s1. The van der Waals surface area contributed by atoms with Gasteiger partial charge in [-0.25, -0.2) is 9.07 Å². The Hall–Kier alpha value is -3.59. The third-order valence-electron chi connectivity index (χ3n) is 5.12. The molecule has 3 aromatic carbocycles. The molecule has 10 heteroatoms. The van der Waals surface area contributed by atoms with E-state index in [4.69, 9.17) is 16.3 Å². The Balaban J connectivity index is 1.64. The lowest BCUT2D eigenvalue weighted by Crippen LogP contribution is -2.45. The third kappa shape index (κ3) is 5.14. The molecule has 0 saturated carbocycles. The SMILES string of the molecule is C[C@H](NC(=O)C(F)(F)F)[C@H](Oc1ccc2c(cnn2-c2ccc(F)cc2)c1)c1cccc(Cl)c1. The number of fused-ring (bicyclic) bond motifs is 1. The fourth-order valence-corrected chi connectivity index (χ4v) is 3.72. The van der Waals surface area contributed by atoms with E-state index in [0.29, 0.717) is 27.4 Å². The summed E-state index contributed by atoms with van der Waals surface area (Å²) in [4.78, 5) is 11.5. The molecule has 0 aliphatic carbocycles. The van der Waals surface area contributed by atoms with Crippen molar-refractivity contribution in [2.75, 3.05) is 0 Å². The summed E-state index contributed by atoms with van der Waals surface area (Å²) in [5.41, 5.74) is 1.87. The molecule has 0 aliphatic heterocycles. The predicted octanol–water partition coefficient (Wildman–Crippen LogP) is 6.01. The molecule has 0 aliphatic rings. The minimum Gasteiger partial charge on any atom is -0.484 e. The van der Waals surface area contributed by atoms with E-state index in [1.54, 1.807) is 65.5 Å². The van der Waals surface area contributed by atoms with Crippen molar-refractivity contribution >= 4 is 28.4 Å². The van der Waals surface area contributed by atoms with Gasteiger partial charge in [0.05, 0.1) is 23.4 Å². The normalized spacial score (nSPS) is 13.5. The zero-order valence-electron chi connectivity index (χ0n) is 17.7. The number of hydrogen-bond acceptors (Lipinski definition) is 3. The van der Waals surface area contributed by atoms with Crippen LogP contribution >= 0.6 is 11.6 Å². The van der Waals surface area contributed by atoms with Gasteiger partial charge in [-0.2, -0.15) is 18.3 Å². The first-order valence-electron chi connectivity index (χ1n) is 10.2. The van der Waals surface area contributed by atoms with Crippen LogP contribution in [0, 0.1) is 5.82 Å². The van der Waals surface area contributed by atoms with E-state index in [2.05, 4.69) is 5.10 Å². The van der Waals surface area contributed by atoms with E-state index >= 15 is 0 Å². The smallest absolute Gasteiger partial charge is 0.471 e. The largest absolute Gasteiger partial charge is 0.484 e. The Morgan fingerprint density at radius 1 is 1.09 bits per heavy atom. The van der Waals surface area contributed by atoms with Crippen LogP contribution < -0.4 is 10.1 Å². The van der Waals surface area contributed by atoms with Gasteiger partial charge < -0.3 is 10.1 Å². The van der Waals surface area contributed by atoms with Crippen LogP contribution in [0.15, 0.2) is 72.9 Å². The highest BCUT2D eigenvalue weighted by atomic mass is 35.5. The van der Waals surface area contributed by atoms with E-state index in [-0.39, 0.29) is 5.82 Å². The summed E-state index contributed by atoms with van der Waals surface area (Å²) in [6.07, 6.45) is -4.40. The second-order valence-electron chi connectivity index (χ2n) is 7.61. The zero-order chi connectivity index (χ0) is 24.5. The molecule has 4 aromatic rings. The minimum absolute atomic E-state index is 0.351. The van der Waals surface area contributed by atoms with E-state index in [1.807, 2.05) is 5.32 Å². The number of rotatable bonds is 6. The number of halogens is 5. The van der Waals surface area contributed by atoms with Gasteiger partial charge in [0.2, 0.25) is 0 Å². The number of benzene rings is 3. The molecule has 1 heterocycles. The van der Waals surface area contributed by atoms with Crippen LogP contribution in [0.3, 0.4) is 0 Å². The summed E-state index contributed by atoms with van der Waals surface area (Å²) in [5, 5.41) is 7.34. The highest BCUT2D eigenvalue weighted by molar-refractivity contribution is 6.30. The Morgan fingerprint density at radius 3 is 2.50 bits per heavy atom. The van der Waals surface area contributed by atoms with Crippen molar-refractivity contribution in [3.8, 4) is 11.4 Å². The Kier molecular flexibility index (Phi) is 6.47. The summed E-state index contributed by atoms with van der Waals surface area (Å²) >= 11 is 6.07. The zero-order valence-corrected chi connectivity index (χ0v) is 18.4. The van der Waals surface area contributed by atoms with Crippen LogP contribution in [-0.2, 0) is 4.79 Å². The third-order valence-corrected chi connectivity index (χ3v) is 5.36. The number of aromatic nitrogens is 2. The minimum atomic E-state index is -5.03. The topological polar surface area (TPSA) is 56.1 Å². The number of ether oxygens (including phenoxy) is 1. The lowest BCUT2D eigenvalue weighted by atomic mass is 10.0. The van der Waals surface area contributed by atoms with Gasteiger partial charge in [0.25, 0.3) is 0 Å². The van der Waals surface area contributed by atoms with Crippen LogP contribution in [0.2, 0.25) is 5.02 Å². The van der Waals surface area contributed by atoms with Crippen LogP contribution in [0.5, 0.6) is 5.75 Å². The van der Waals surface area contributed by atoms with Gasteiger partial charge in [0, 0.05) is 10.4 Å². The Bertz CT molecular complexity index is 1320. The predicted molar refractivity (Wildman–Crippen MR) is 120 cm³/mol. The van der Waals surface area contributed by atoms with Gasteiger partial charge >= 0.3 is 12.1 Å². The maximum absolute atomic E-state index is 13.2. The lowest BCUT2D eigenvalue weighted by molar-refractivity contribution is -0.174. The number of hydrogen-bond donors (Lipinski definition) is 1. The van der Waals surface area contributed by atoms with Gasteiger partial charge in [0.1, 0.15) is 17.7 Å². The summed E-state index contributed by atoms with van der Waals surface area (Å²) in [5.74, 6) is -2.08. The number of carbonyl (C=O) groups is 1. The molecule has 2 atom stereocenters. The monoisotopic (exact) mass is 491 g/mol. The van der Waals surface area contributed by atoms with Crippen molar-refractivity contribution in [1.82, 2.24) is 15.1 Å². The van der Waals surface area contributed by atoms with Crippen molar-refractivity contribution in [3.63, 3.8) is 0 Å². The fourth-order valence-electron chi connectivity index (χ4n) is 3.53. The molecular weight excluding hydrogens is 474 g/mol. The molecule has 34 heavy (non-hydrogen) atoms.